The molecule has 19 heavy (non-hydrogen) atoms. The minimum absolute atomic E-state index is 0.107. The molecule has 0 spiro atoms. The van der Waals surface area contributed by atoms with Crippen LogP contribution in [0.25, 0.3) is 0 Å². The largest absolute Gasteiger partial charge is 0.488 e. The number of hydrogen-bond donors (Lipinski definition) is 1. The van der Waals surface area contributed by atoms with Crippen molar-refractivity contribution >= 4 is 15.9 Å². The number of nitrogens with one attached hydrogen (secondary N) is 1. The molecule has 1 heterocycles. The average Bonchev–Trinajstić information content (AvgIpc) is 2.78. The van der Waals surface area contributed by atoms with Gasteiger partial charge < -0.3 is 10.1 Å². The zero-order valence-corrected chi connectivity index (χ0v) is 12.7. The minimum atomic E-state index is 0.107. The fraction of sp³-hybridized carbons (Fsp3) is 0.357. The van der Waals surface area contributed by atoms with Crippen molar-refractivity contribution in [2.75, 3.05) is 6.54 Å². The quantitative estimate of drug-likeness (QED) is 0.888. The molecule has 2 rings (SSSR count). The monoisotopic (exact) mass is 323 g/mol. The standard InChI is InChI=1S/C14H18BrN3O/c1-11(19-14-6-4-3-5-13(14)15)7-16-8-12-9-17-18(2)10-12/h3-6,9-11,16H,7-8H2,1-2H3. The van der Waals surface area contributed by atoms with Crippen LogP contribution in [-0.4, -0.2) is 22.4 Å². The molecule has 4 nitrogen and oxygen atoms in total. The van der Waals surface area contributed by atoms with Gasteiger partial charge in [-0.15, -0.1) is 0 Å². The molecule has 0 aliphatic carbocycles. The van der Waals surface area contributed by atoms with Crippen LogP contribution in [0.5, 0.6) is 5.75 Å². The molecule has 1 aromatic carbocycles. The summed E-state index contributed by atoms with van der Waals surface area (Å²) >= 11 is 3.48. The van der Waals surface area contributed by atoms with Crippen molar-refractivity contribution in [3.05, 3.63) is 46.7 Å². The van der Waals surface area contributed by atoms with Gasteiger partial charge in [-0.25, -0.2) is 0 Å². The predicted molar refractivity (Wildman–Crippen MR) is 79.1 cm³/mol. The summed E-state index contributed by atoms with van der Waals surface area (Å²) in [6.07, 6.45) is 3.98. The van der Waals surface area contributed by atoms with E-state index < -0.39 is 0 Å². The van der Waals surface area contributed by atoms with Gasteiger partial charge in [0.05, 0.1) is 10.7 Å². The Morgan fingerprint density at radius 2 is 2.21 bits per heavy atom. The van der Waals surface area contributed by atoms with E-state index in [-0.39, 0.29) is 6.10 Å². The number of aryl methyl sites for hydroxylation is 1. The summed E-state index contributed by atoms with van der Waals surface area (Å²) in [6, 6.07) is 7.88. The summed E-state index contributed by atoms with van der Waals surface area (Å²) in [4.78, 5) is 0. The predicted octanol–water partition coefficient (Wildman–Crippen LogP) is 2.74. The summed E-state index contributed by atoms with van der Waals surface area (Å²) in [5.74, 6) is 0.873. The highest BCUT2D eigenvalue weighted by Gasteiger charge is 2.06. The van der Waals surface area contributed by atoms with E-state index in [0.29, 0.717) is 0 Å². The second-order valence-corrected chi connectivity index (χ2v) is 5.37. The van der Waals surface area contributed by atoms with Gasteiger partial charge in [-0.05, 0) is 35.0 Å². The number of rotatable bonds is 6. The van der Waals surface area contributed by atoms with Crippen molar-refractivity contribution in [3.63, 3.8) is 0 Å². The van der Waals surface area contributed by atoms with Gasteiger partial charge in [0.2, 0.25) is 0 Å². The number of benzene rings is 1. The van der Waals surface area contributed by atoms with E-state index in [0.717, 1.165) is 23.3 Å². The third-order valence-corrected chi connectivity index (χ3v) is 3.34. The van der Waals surface area contributed by atoms with E-state index >= 15 is 0 Å². The lowest BCUT2D eigenvalue weighted by Crippen LogP contribution is -2.28. The maximum absolute atomic E-state index is 5.86. The fourth-order valence-electron chi connectivity index (χ4n) is 1.78. The van der Waals surface area contributed by atoms with Gasteiger partial charge in [-0.3, -0.25) is 4.68 Å². The van der Waals surface area contributed by atoms with Crippen LogP contribution < -0.4 is 10.1 Å². The SMILES string of the molecule is CC(CNCc1cnn(C)c1)Oc1ccccc1Br. The normalized spacial score (nSPS) is 12.4. The number of ether oxygens (including phenoxy) is 1. The van der Waals surface area contributed by atoms with Gasteiger partial charge in [0.25, 0.3) is 0 Å². The summed E-state index contributed by atoms with van der Waals surface area (Å²) in [6.45, 7) is 3.64. The molecule has 2 aromatic rings. The lowest BCUT2D eigenvalue weighted by atomic mass is 10.3. The molecule has 0 amide bonds. The fourth-order valence-corrected chi connectivity index (χ4v) is 2.16. The first-order valence-corrected chi connectivity index (χ1v) is 7.04. The van der Waals surface area contributed by atoms with Crippen LogP contribution in [0.15, 0.2) is 41.1 Å². The molecule has 102 valence electrons. The zero-order chi connectivity index (χ0) is 13.7. The van der Waals surface area contributed by atoms with Crippen LogP contribution >= 0.6 is 15.9 Å². The Kier molecular flexibility index (Phi) is 4.99. The van der Waals surface area contributed by atoms with Crippen molar-refractivity contribution in [3.8, 4) is 5.75 Å². The molecule has 1 atom stereocenters. The number of nitrogens with zero attached hydrogens (tertiary/aromatic N) is 2. The van der Waals surface area contributed by atoms with Gasteiger partial charge in [0.15, 0.2) is 0 Å². The molecule has 0 aliphatic heterocycles. The molecule has 0 saturated carbocycles. The molecule has 1 unspecified atom stereocenters. The summed E-state index contributed by atoms with van der Waals surface area (Å²) in [5, 5.41) is 7.49. The molecule has 1 aromatic heterocycles. The summed E-state index contributed by atoms with van der Waals surface area (Å²) in [7, 11) is 1.92. The first-order chi connectivity index (χ1) is 9.15. The van der Waals surface area contributed by atoms with E-state index in [9.17, 15) is 0 Å². The molecular weight excluding hydrogens is 306 g/mol. The highest BCUT2D eigenvalue weighted by molar-refractivity contribution is 9.10. The lowest BCUT2D eigenvalue weighted by molar-refractivity contribution is 0.215. The first kappa shape index (κ1) is 14.1. The topological polar surface area (TPSA) is 39.1 Å². The van der Waals surface area contributed by atoms with E-state index in [1.165, 1.54) is 5.56 Å². The second-order valence-electron chi connectivity index (χ2n) is 4.51. The maximum Gasteiger partial charge on any atom is 0.133 e. The number of hydrogen-bond acceptors (Lipinski definition) is 3. The third kappa shape index (κ3) is 4.36. The van der Waals surface area contributed by atoms with Gasteiger partial charge in [0, 0.05) is 31.9 Å². The van der Waals surface area contributed by atoms with Gasteiger partial charge in [-0.1, -0.05) is 12.1 Å². The van der Waals surface area contributed by atoms with Crippen LogP contribution in [-0.2, 0) is 13.6 Å². The highest BCUT2D eigenvalue weighted by atomic mass is 79.9. The first-order valence-electron chi connectivity index (χ1n) is 6.24. The van der Waals surface area contributed by atoms with Crippen molar-refractivity contribution in [2.24, 2.45) is 7.05 Å². The minimum Gasteiger partial charge on any atom is -0.488 e. The Labute approximate surface area is 121 Å². The second kappa shape index (κ2) is 6.73. The van der Waals surface area contributed by atoms with Crippen LogP contribution in [0.2, 0.25) is 0 Å². The van der Waals surface area contributed by atoms with E-state index in [2.05, 4.69) is 33.3 Å². The Morgan fingerprint density at radius 3 is 2.89 bits per heavy atom. The van der Waals surface area contributed by atoms with Gasteiger partial charge >= 0.3 is 0 Å². The Morgan fingerprint density at radius 1 is 1.42 bits per heavy atom. The average molecular weight is 324 g/mol. The number of para-hydroxylation sites is 1. The van der Waals surface area contributed by atoms with E-state index in [1.807, 2.05) is 43.7 Å². The smallest absolute Gasteiger partial charge is 0.133 e. The van der Waals surface area contributed by atoms with E-state index in [4.69, 9.17) is 4.74 Å². The summed E-state index contributed by atoms with van der Waals surface area (Å²) in [5.41, 5.74) is 1.18. The van der Waals surface area contributed by atoms with E-state index in [1.54, 1.807) is 4.68 Å². The molecule has 0 saturated heterocycles. The number of halogens is 1. The molecule has 0 fully saturated rings. The van der Waals surface area contributed by atoms with Crippen LogP contribution in [0, 0.1) is 0 Å². The van der Waals surface area contributed by atoms with Crippen molar-refractivity contribution < 1.29 is 4.74 Å². The molecule has 0 radical (unpaired) electrons. The molecule has 1 N–H and O–H groups in total. The van der Waals surface area contributed by atoms with Gasteiger partial charge in [0.1, 0.15) is 11.9 Å². The van der Waals surface area contributed by atoms with Crippen molar-refractivity contribution in [1.29, 1.82) is 0 Å². The number of aromatic nitrogens is 2. The third-order valence-electron chi connectivity index (χ3n) is 2.68. The Bertz CT molecular complexity index is 527. The van der Waals surface area contributed by atoms with Crippen LogP contribution in [0.4, 0.5) is 0 Å². The maximum atomic E-state index is 5.86. The molecule has 0 bridgehead atoms. The van der Waals surface area contributed by atoms with Crippen molar-refractivity contribution in [1.82, 2.24) is 15.1 Å². The lowest BCUT2D eigenvalue weighted by Gasteiger charge is -2.16. The molecule has 0 aliphatic rings. The van der Waals surface area contributed by atoms with Crippen LogP contribution in [0.3, 0.4) is 0 Å². The molecular formula is C14H18BrN3O. The highest BCUT2D eigenvalue weighted by Crippen LogP contribution is 2.24. The molecule has 5 heteroatoms. The van der Waals surface area contributed by atoms with Gasteiger partial charge in [-0.2, -0.15) is 5.10 Å². The van der Waals surface area contributed by atoms with Crippen LogP contribution in [0.1, 0.15) is 12.5 Å². The zero-order valence-electron chi connectivity index (χ0n) is 11.1. The summed E-state index contributed by atoms with van der Waals surface area (Å²) < 4.78 is 8.64. The Balaban J connectivity index is 1.76. The Hall–Kier alpha value is -1.33. The van der Waals surface area contributed by atoms with Crippen molar-refractivity contribution in [2.45, 2.75) is 19.6 Å².